The van der Waals surface area contributed by atoms with E-state index in [0.29, 0.717) is 28.7 Å². The number of piperidine rings is 1. The third-order valence-electron chi connectivity index (χ3n) is 6.66. The Morgan fingerprint density at radius 1 is 1.35 bits per heavy atom. The first kappa shape index (κ1) is 26.0. The molecule has 15 heteroatoms. The number of thioether (sulfide) groups is 1. The summed E-state index contributed by atoms with van der Waals surface area (Å²) in [5.41, 5.74) is -4.08. The second-order valence-corrected chi connectivity index (χ2v) is 11.5. The van der Waals surface area contributed by atoms with Gasteiger partial charge in [0.15, 0.2) is 6.17 Å². The number of halogens is 4. The van der Waals surface area contributed by atoms with Gasteiger partial charge >= 0.3 is 11.5 Å². The largest absolute Gasteiger partial charge is 0.446 e. The molecule has 2 aliphatic heterocycles. The fourth-order valence-corrected chi connectivity index (χ4v) is 6.65. The zero-order chi connectivity index (χ0) is 26.5. The van der Waals surface area contributed by atoms with Gasteiger partial charge in [-0.1, -0.05) is 17.3 Å². The Labute approximate surface area is 217 Å². The van der Waals surface area contributed by atoms with Gasteiger partial charge in [0.1, 0.15) is 25.2 Å². The number of carbonyl (C=O) groups is 1. The van der Waals surface area contributed by atoms with Gasteiger partial charge in [0.2, 0.25) is 5.82 Å². The van der Waals surface area contributed by atoms with Crippen LogP contribution in [0.1, 0.15) is 32.2 Å². The lowest BCUT2D eigenvalue weighted by molar-refractivity contribution is -1.12. The van der Waals surface area contributed by atoms with Crippen LogP contribution in [0, 0.1) is 0 Å². The van der Waals surface area contributed by atoms with Gasteiger partial charge in [-0.25, -0.2) is 14.4 Å². The normalized spacial score (nSPS) is 26.5. The fraction of sp³-hybridized carbons (Fsp3) is 0.500. The van der Waals surface area contributed by atoms with Crippen LogP contribution >= 0.6 is 23.1 Å². The Kier molecular flexibility index (Phi) is 6.75. The van der Waals surface area contributed by atoms with Crippen molar-refractivity contribution in [3.63, 3.8) is 0 Å². The highest BCUT2D eigenvalue weighted by Gasteiger charge is 2.43. The van der Waals surface area contributed by atoms with Crippen molar-refractivity contribution in [3.8, 4) is 10.7 Å². The second-order valence-electron chi connectivity index (χ2n) is 9.40. The predicted octanol–water partition coefficient (Wildman–Crippen LogP) is 5.05. The first-order valence-electron chi connectivity index (χ1n) is 11.6. The molecule has 4 unspecified atom stereocenters. The lowest BCUT2D eigenvalue weighted by Gasteiger charge is -2.41. The molecule has 0 aliphatic carbocycles. The number of anilines is 1. The van der Waals surface area contributed by atoms with Crippen molar-refractivity contribution in [2.45, 2.75) is 55.0 Å². The quantitative estimate of drug-likeness (QED) is 0.189. The molecule has 2 amide bonds. The molecule has 2 aromatic heterocycles. The third kappa shape index (κ3) is 5.22. The molecular formula is C22H25F4N6O3S2+. The molecule has 4 atom stereocenters. The highest BCUT2D eigenvalue weighted by atomic mass is 32.2. The summed E-state index contributed by atoms with van der Waals surface area (Å²) in [6.45, 7) is 4.15. The number of hydrogen-bond donors (Lipinski definition) is 4. The maximum atomic E-state index is 15.1. The minimum atomic E-state index is -4.57. The minimum absolute atomic E-state index is 0.0321. The number of nitrogens with zero attached hydrogens (tertiary/aromatic N) is 3. The van der Waals surface area contributed by atoms with E-state index in [0.717, 1.165) is 11.3 Å². The zero-order valence-electron chi connectivity index (χ0n) is 19.8. The Morgan fingerprint density at radius 2 is 2.14 bits per heavy atom. The standard InChI is InChI=1S/C22H24F4N6O3S2/c1-10(2)32(34)7-6-13(12(23)9-32)28-14-5-3-4-11-16(14)36-18(17(11)37-22(24,25)26)19-30-20(35-31-19)15-8-27-21(33)29-15/h3-5,10,12-13,15,28,34H,6-9H2,1-2H3,(H-,27,29,33)/p+1. The summed E-state index contributed by atoms with van der Waals surface area (Å²) in [6.07, 6.45) is -1.00. The van der Waals surface area contributed by atoms with Crippen molar-refractivity contribution in [2.24, 2.45) is 0 Å². The number of quaternary nitrogens is 1. The third-order valence-corrected chi connectivity index (χ3v) is 8.88. The van der Waals surface area contributed by atoms with Crippen LogP contribution in [0.15, 0.2) is 27.6 Å². The number of benzene rings is 1. The number of hydrogen-bond acceptors (Lipinski definition) is 8. The Hall–Kier alpha value is -2.62. The maximum Gasteiger partial charge on any atom is 0.446 e. The molecule has 2 fully saturated rings. The first-order chi connectivity index (χ1) is 17.4. The maximum absolute atomic E-state index is 15.1. The summed E-state index contributed by atoms with van der Waals surface area (Å²) in [4.78, 5) is 15.8. The number of amides is 2. The first-order valence-corrected chi connectivity index (χ1v) is 13.3. The van der Waals surface area contributed by atoms with Gasteiger partial charge in [0.25, 0.3) is 5.89 Å². The van der Waals surface area contributed by atoms with Gasteiger partial charge in [0, 0.05) is 23.2 Å². The number of carbonyl (C=O) groups excluding carboxylic acids is 1. The molecular weight excluding hydrogens is 536 g/mol. The number of fused-ring (bicyclic) bond motifs is 1. The van der Waals surface area contributed by atoms with Crippen LogP contribution < -0.4 is 16.0 Å². The summed E-state index contributed by atoms with van der Waals surface area (Å²) in [5.74, 6) is 0.0423. The van der Waals surface area contributed by atoms with E-state index in [4.69, 9.17) is 4.52 Å². The topological polar surface area (TPSA) is 112 Å². The SMILES string of the molecule is CC(C)[N+]1(O)CCC(Nc2cccc3c(SC(F)(F)F)c(-c4noc(C5CNC(=O)N5)n4)sc23)C(F)C1. The number of hydroxylamine groups is 3. The molecule has 0 radical (unpaired) electrons. The smallest absolute Gasteiger partial charge is 0.378 e. The number of nitrogens with one attached hydrogen (secondary N) is 3. The van der Waals surface area contributed by atoms with Gasteiger partial charge in [0.05, 0.1) is 21.3 Å². The van der Waals surface area contributed by atoms with Gasteiger partial charge < -0.3 is 20.5 Å². The molecule has 0 spiro atoms. The summed E-state index contributed by atoms with van der Waals surface area (Å²) >= 11 is 0.776. The molecule has 1 aromatic carbocycles. The van der Waals surface area contributed by atoms with Gasteiger partial charge in [-0.05, 0) is 31.7 Å². The van der Waals surface area contributed by atoms with Crippen molar-refractivity contribution in [2.75, 3.05) is 25.0 Å². The van der Waals surface area contributed by atoms with Gasteiger partial charge in [-0.2, -0.15) is 22.8 Å². The van der Waals surface area contributed by atoms with Crippen molar-refractivity contribution in [1.82, 2.24) is 20.8 Å². The van der Waals surface area contributed by atoms with E-state index in [2.05, 4.69) is 26.1 Å². The lowest BCUT2D eigenvalue weighted by Crippen LogP contribution is -2.61. The molecule has 2 aliphatic rings. The van der Waals surface area contributed by atoms with E-state index in [1.807, 2.05) is 13.8 Å². The van der Waals surface area contributed by atoms with E-state index in [1.165, 1.54) is 0 Å². The highest BCUT2D eigenvalue weighted by Crippen LogP contribution is 2.50. The molecule has 4 N–H and O–H groups in total. The number of rotatable bonds is 6. The average Bonchev–Trinajstić information content (AvgIpc) is 3.54. The summed E-state index contributed by atoms with van der Waals surface area (Å²) in [7, 11) is 0. The highest BCUT2D eigenvalue weighted by molar-refractivity contribution is 8.00. The van der Waals surface area contributed by atoms with E-state index >= 15 is 4.39 Å². The molecule has 9 nitrogen and oxygen atoms in total. The number of aromatic nitrogens is 2. The molecule has 200 valence electrons. The Bertz CT molecular complexity index is 1320. The number of alkyl halides is 4. The fourth-order valence-electron chi connectivity index (χ4n) is 4.54. The number of thiophene rings is 1. The molecule has 4 heterocycles. The summed E-state index contributed by atoms with van der Waals surface area (Å²) in [6, 6.07) is 3.11. The average molecular weight is 562 g/mol. The van der Waals surface area contributed by atoms with Crippen LogP contribution in [-0.4, -0.2) is 69.4 Å². The van der Waals surface area contributed by atoms with Crippen LogP contribution in [0.5, 0.6) is 0 Å². The Balaban J connectivity index is 1.49. The molecule has 0 bridgehead atoms. The minimum Gasteiger partial charge on any atom is -0.378 e. The molecule has 37 heavy (non-hydrogen) atoms. The second kappa shape index (κ2) is 9.60. The van der Waals surface area contributed by atoms with Crippen molar-refractivity contribution in [3.05, 3.63) is 24.1 Å². The van der Waals surface area contributed by atoms with E-state index in [-0.39, 0.29) is 57.0 Å². The van der Waals surface area contributed by atoms with Gasteiger partial charge in [-0.3, -0.25) is 0 Å². The molecule has 2 saturated heterocycles. The van der Waals surface area contributed by atoms with E-state index in [1.54, 1.807) is 18.2 Å². The summed E-state index contributed by atoms with van der Waals surface area (Å²) in [5, 5.41) is 23.2. The number of urea groups is 1. The van der Waals surface area contributed by atoms with Crippen molar-refractivity contribution in [1.29, 1.82) is 0 Å². The van der Waals surface area contributed by atoms with Gasteiger partial charge in [-0.15, -0.1) is 11.3 Å². The van der Waals surface area contributed by atoms with Crippen LogP contribution in [0.2, 0.25) is 0 Å². The molecule has 3 aromatic rings. The van der Waals surface area contributed by atoms with E-state index in [9.17, 15) is 23.2 Å². The monoisotopic (exact) mass is 561 g/mol. The summed E-state index contributed by atoms with van der Waals surface area (Å²) < 4.78 is 61.1. The zero-order valence-corrected chi connectivity index (χ0v) is 21.4. The van der Waals surface area contributed by atoms with Crippen LogP contribution in [0.25, 0.3) is 20.8 Å². The molecule has 0 saturated carbocycles. The van der Waals surface area contributed by atoms with E-state index < -0.39 is 29.8 Å². The predicted molar refractivity (Wildman–Crippen MR) is 130 cm³/mol. The Morgan fingerprint density at radius 3 is 2.78 bits per heavy atom. The van der Waals surface area contributed by atoms with Crippen LogP contribution in [0.4, 0.5) is 28.0 Å². The number of likely N-dealkylation sites (tertiary alicyclic amines) is 1. The van der Waals surface area contributed by atoms with Crippen LogP contribution in [-0.2, 0) is 0 Å². The van der Waals surface area contributed by atoms with Crippen LogP contribution in [0.3, 0.4) is 0 Å². The van der Waals surface area contributed by atoms with Crippen molar-refractivity contribution >= 4 is 44.9 Å². The lowest BCUT2D eigenvalue weighted by atomic mass is 10.0. The van der Waals surface area contributed by atoms with Crippen molar-refractivity contribution < 1.29 is 36.7 Å². The molecule has 5 rings (SSSR count).